The van der Waals surface area contributed by atoms with E-state index in [1.165, 1.54) is 31.5 Å². The largest absolute Gasteiger partial charge is 0.483 e. The van der Waals surface area contributed by atoms with Crippen LogP contribution in [0.2, 0.25) is 0 Å². The van der Waals surface area contributed by atoms with Gasteiger partial charge in [0.1, 0.15) is 22.1 Å². The first-order chi connectivity index (χ1) is 13.7. The van der Waals surface area contributed by atoms with E-state index in [-0.39, 0.29) is 12.3 Å². The molecular formula is C19H18FN5O2S. The van der Waals surface area contributed by atoms with E-state index in [4.69, 9.17) is 19.9 Å². The predicted octanol–water partition coefficient (Wildman–Crippen LogP) is 4.06. The molecule has 1 fully saturated rings. The summed E-state index contributed by atoms with van der Waals surface area (Å²) < 4.78 is 13.7. The zero-order valence-electron chi connectivity index (χ0n) is 14.9. The Bertz CT molecular complexity index is 1120. The molecule has 4 aromatic rings. The number of fused-ring (bicyclic) bond motifs is 2. The number of aromatic nitrogens is 4. The molecule has 4 aromatic heterocycles. The Morgan fingerprint density at radius 1 is 1.21 bits per heavy atom. The van der Waals surface area contributed by atoms with Gasteiger partial charge >= 0.3 is 0 Å². The molecule has 1 aliphatic rings. The third-order valence-corrected chi connectivity index (χ3v) is 5.51. The summed E-state index contributed by atoms with van der Waals surface area (Å²) in [5.74, 6) is 1.25. The fraction of sp³-hybridized carbons (Fsp3) is 0.263. The van der Waals surface area contributed by atoms with E-state index in [0.29, 0.717) is 16.9 Å². The molecular weight excluding hydrogens is 381 g/mol. The van der Waals surface area contributed by atoms with Crippen molar-refractivity contribution in [3.05, 3.63) is 35.7 Å². The first kappa shape index (κ1) is 18.3. The minimum absolute atomic E-state index is 0.250. The molecule has 9 heteroatoms. The van der Waals surface area contributed by atoms with Crippen molar-refractivity contribution in [2.24, 2.45) is 0 Å². The lowest BCUT2D eigenvalue weighted by Gasteiger charge is -2.28. The van der Waals surface area contributed by atoms with Gasteiger partial charge in [-0.25, -0.2) is 19.3 Å². The summed E-state index contributed by atoms with van der Waals surface area (Å²) in [6, 6.07) is 3.57. The molecule has 0 aliphatic carbocycles. The summed E-state index contributed by atoms with van der Waals surface area (Å²) in [6.07, 6.45) is 6.67. The highest BCUT2D eigenvalue weighted by molar-refractivity contribution is 7.16. The molecule has 5 heterocycles. The standard InChI is InChI=1S/C18H16FN5S.CH2O2/c19-11-8-13-14(10-21-15(13)20-9-11)16-22-17(24-5-2-1-3-6-24)12-4-7-25-18(12)23-16;2-1-3/h4,7-10H,1-3,5-6H2,(H,20,21);1H,(H,2,3). The van der Waals surface area contributed by atoms with E-state index in [1.54, 1.807) is 11.3 Å². The molecule has 0 saturated carbocycles. The molecule has 0 atom stereocenters. The Morgan fingerprint density at radius 2 is 2.00 bits per heavy atom. The molecule has 2 N–H and O–H groups in total. The first-order valence-electron chi connectivity index (χ1n) is 8.92. The molecule has 1 aliphatic heterocycles. The number of H-pyrrole nitrogens is 1. The molecule has 0 aromatic carbocycles. The van der Waals surface area contributed by atoms with Gasteiger partial charge < -0.3 is 15.0 Å². The molecule has 0 unspecified atom stereocenters. The Morgan fingerprint density at radius 3 is 2.79 bits per heavy atom. The van der Waals surface area contributed by atoms with Crippen LogP contribution in [0.4, 0.5) is 10.2 Å². The third-order valence-electron chi connectivity index (χ3n) is 4.70. The quantitative estimate of drug-likeness (QED) is 0.494. The van der Waals surface area contributed by atoms with Crippen LogP contribution in [0.15, 0.2) is 29.9 Å². The van der Waals surface area contributed by atoms with E-state index in [1.807, 2.05) is 11.6 Å². The highest BCUT2D eigenvalue weighted by atomic mass is 32.1. The Hall–Kier alpha value is -3.07. The summed E-state index contributed by atoms with van der Waals surface area (Å²) in [4.78, 5) is 28.4. The molecule has 28 heavy (non-hydrogen) atoms. The maximum absolute atomic E-state index is 13.7. The number of aromatic amines is 1. The predicted molar refractivity (Wildman–Crippen MR) is 107 cm³/mol. The van der Waals surface area contributed by atoms with Gasteiger partial charge in [-0.15, -0.1) is 11.3 Å². The number of pyridine rings is 1. The summed E-state index contributed by atoms with van der Waals surface area (Å²) in [7, 11) is 0. The molecule has 144 valence electrons. The smallest absolute Gasteiger partial charge is 0.290 e. The normalized spacial score (nSPS) is 14.1. The lowest BCUT2D eigenvalue weighted by atomic mass is 10.1. The SMILES string of the molecule is Fc1cnc2[nH]cc(-c3nc(N4CCCCC4)c4ccsc4n3)c2c1.O=CO. The van der Waals surface area contributed by atoms with Gasteiger partial charge in [-0.05, 0) is 36.8 Å². The number of nitrogens with zero attached hydrogens (tertiary/aromatic N) is 4. The number of anilines is 1. The molecule has 0 spiro atoms. The average molecular weight is 399 g/mol. The van der Waals surface area contributed by atoms with Crippen LogP contribution in [0, 0.1) is 5.82 Å². The number of nitrogens with one attached hydrogen (secondary N) is 1. The van der Waals surface area contributed by atoms with Crippen molar-refractivity contribution in [2.75, 3.05) is 18.0 Å². The Labute approximate surface area is 163 Å². The van der Waals surface area contributed by atoms with Crippen molar-refractivity contribution in [3.8, 4) is 11.4 Å². The molecule has 0 bridgehead atoms. The fourth-order valence-corrected chi connectivity index (χ4v) is 4.23. The second-order valence-electron chi connectivity index (χ2n) is 6.42. The van der Waals surface area contributed by atoms with Crippen molar-refractivity contribution >= 4 is 44.9 Å². The number of carboxylic acid groups (broad SMARTS) is 1. The monoisotopic (exact) mass is 399 g/mol. The number of rotatable bonds is 2. The highest BCUT2D eigenvalue weighted by Crippen LogP contribution is 2.34. The number of carbonyl (C=O) groups is 1. The summed E-state index contributed by atoms with van der Waals surface area (Å²) in [5.41, 5.74) is 1.43. The average Bonchev–Trinajstić information content (AvgIpc) is 3.35. The zero-order chi connectivity index (χ0) is 19.5. The zero-order valence-corrected chi connectivity index (χ0v) is 15.7. The van der Waals surface area contributed by atoms with E-state index in [2.05, 4.69) is 20.9 Å². The van der Waals surface area contributed by atoms with Gasteiger partial charge in [-0.3, -0.25) is 4.79 Å². The van der Waals surface area contributed by atoms with Gasteiger partial charge in [0.05, 0.1) is 11.6 Å². The molecule has 0 radical (unpaired) electrons. The molecule has 5 rings (SSSR count). The Kier molecular flexibility index (Phi) is 5.16. The van der Waals surface area contributed by atoms with Crippen molar-refractivity contribution in [1.29, 1.82) is 0 Å². The van der Waals surface area contributed by atoms with Gasteiger partial charge in [-0.1, -0.05) is 0 Å². The van der Waals surface area contributed by atoms with Crippen molar-refractivity contribution in [3.63, 3.8) is 0 Å². The second-order valence-corrected chi connectivity index (χ2v) is 7.31. The second kappa shape index (κ2) is 7.89. The van der Waals surface area contributed by atoms with Crippen LogP contribution in [0.25, 0.3) is 32.6 Å². The van der Waals surface area contributed by atoms with Crippen LogP contribution in [-0.2, 0) is 4.79 Å². The lowest BCUT2D eigenvalue weighted by Crippen LogP contribution is -2.30. The highest BCUT2D eigenvalue weighted by Gasteiger charge is 2.19. The lowest BCUT2D eigenvalue weighted by molar-refractivity contribution is -0.122. The number of hydrogen-bond donors (Lipinski definition) is 2. The van der Waals surface area contributed by atoms with Crippen LogP contribution in [-0.4, -0.2) is 44.6 Å². The van der Waals surface area contributed by atoms with Crippen molar-refractivity contribution < 1.29 is 14.3 Å². The van der Waals surface area contributed by atoms with Crippen molar-refractivity contribution in [2.45, 2.75) is 19.3 Å². The summed E-state index contributed by atoms with van der Waals surface area (Å²) in [5, 5.41) is 10.7. The van der Waals surface area contributed by atoms with Gasteiger partial charge in [0, 0.05) is 30.2 Å². The van der Waals surface area contributed by atoms with Crippen LogP contribution in [0.5, 0.6) is 0 Å². The number of halogens is 1. The van der Waals surface area contributed by atoms with Crippen LogP contribution >= 0.6 is 11.3 Å². The third kappa shape index (κ3) is 3.40. The van der Waals surface area contributed by atoms with Crippen LogP contribution in [0.1, 0.15) is 19.3 Å². The van der Waals surface area contributed by atoms with E-state index in [0.717, 1.165) is 34.7 Å². The van der Waals surface area contributed by atoms with Crippen LogP contribution < -0.4 is 4.90 Å². The van der Waals surface area contributed by atoms with E-state index in [9.17, 15) is 4.39 Å². The van der Waals surface area contributed by atoms with E-state index < -0.39 is 0 Å². The molecule has 7 nitrogen and oxygen atoms in total. The van der Waals surface area contributed by atoms with Gasteiger partial charge in [-0.2, -0.15) is 0 Å². The maximum atomic E-state index is 13.7. The van der Waals surface area contributed by atoms with Crippen LogP contribution in [0.3, 0.4) is 0 Å². The van der Waals surface area contributed by atoms with E-state index >= 15 is 0 Å². The van der Waals surface area contributed by atoms with Gasteiger partial charge in [0.15, 0.2) is 5.82 Å². The number of thiophene rings is 1. The fourth-order valence-electron chi connectivity index (χ4n) is 3.47. The minimum atomic E-state index is -0.359. The Balaban J connectivity index is 0.000000604. The van der Waals surface area contributed by atoms with Gasteiger partial charge in [0.2, 0.25) is 0 Å². The summed E-state index contributed by atoms with van der Waals surface area (Å²) in [6.45, 7) is 1.79. The maximum Gasteiger partial charge on any atom is 0.290 e. The minimum Gasteiger partial charge on any atom is -0.483 e. The number of hydrogen-bond acceptors (Lipinski definition) is 6. The molecule has 0 amide bonds. The summed E-state index contributed by atoms with van der Waals surface area (Å²) >= 11 is 1.61. The van der Waals surface area contributed by atoms with Gasteiger partial charge in [0.25, 0.3) is 6.47 Å². The first-order valence-corrected chi connectivity index (χ1v) is 9.80. The number of piperidine rings is 1. The topological polar surface area (TPSA) is 95.0 Å². The van der Waals surface area contributed by atoms with Crippen molar-refractivity contribution in [1.82, 2.24) is 19.9 Å². The molecule has 1 saturated heterocycles.